The first kappa shape index (κ1) is 17.9. The summed E-state index contributed by atoms with van der Waals surface area (Å²) in [5, 5.41) is 14.6. The lowest BCUT2D eigenvalue weighted by Crippen LogP contribution is -2.17. The zero-order valence-corrected chi connectivity index (χ0v) is 13.8. The van der Waals surface area contributed by atoms with Crippen LogP contribution in [0.15, 0.2) is 47.6 Å². The molecular weight excluding hydrogens is 326 g/mol. The largest absolute Gasteiger partial charge is 0.493 e. The summed E-state index contributed by atoms with van der Waals surface area (Å²) in [5.41, 5.74) is 2.93. The molecule has 2 rings (SSSR count). The topological polar surface area (TPSA) is 103 Å². The third-order valence-corrected chi connectivity index (χ3v) is 3.21. The van der Waals surface area contributed by atoms with Gasteiger partial charge in [-0.2, -0.15) is 5.10 Å². The number of hydrogen-bond donors (Lipinski definition) is 1. The highest BCUT2D eigenvalue weighted by Crippen LogP contribution is 2.29. The minimum atomic E-state index is -0.565. The van der Waals surface area contributed by atoms with Crippen molar-refractivity contribution in [3.63, 3.8) is 0 Å². The molecule has 0 atom stereocenters. The Morgan fingerprint density at radius 1 is 1.32 bits per heavy atom. The molecule has 0 aromatic heterocycles. The van der Waals surface area contributed by atoms with Crippen molar-refractivity contribution in [3.05, 3.63) is 63.7 Å². The van der Waals surface area contributed by atoms with Crippen LogP contribution in [0.3, 0.4) is 0 Å². The summed E-state index contributed by atoms with van der Waals surface area (Å²) in [7, 11) is 1.53. The van der Waals surface area contributed by atoms with Crippen LogP contribution in [0, 0.1) is 10.1 Å². The molecule has 0 fully saturated rings. The first-order valence-electron chi connectivity index (χ1n) is 7.44. The van der Waals surface area contributed by atoms with Gasteiger partial charge in [0.25, 0.3) is 11.6 Å². The second-order valence-corrected chi connectivity index (χ2v) is 4.82. The molecule has 0 unspecified atom stereocenters. The van der Waals surface area contributed by atoms with Crippen LogP contribution in [-0.2, 0) is 0 Å². The maximum atomic E-state index is 12.0. The van der Waals surface area contributed by atoms with E-state index in [1.54, 1.807) is 18.2 Å². The number of benzene rings is 2. The number of nitrogens with one attached hydrogen (secondary N) is 1. The molecule has 1 amide bonds. The molecule has 0 spiro atoms. The maximum absolute atomic E-state index is 12.0. The molecule has 2 aromatic rings. The number of amides is 1. The van der Waals surface area contributed by atoms with E-state index in [2.05, 4.69) is 10.5 Å². The lowest BCUT2D eigenvalue weighted by molar-refractivity contribution is -0.384. The van der Waals surface area contributed by atoms with E-state index in [9.17, 15) is 14.9 Å². The molecule has 0 aliphatic carbocycles. The normalized spacial score (nSPS) is 10.5. The van der Waals surface area contributed by atoms with Crippen molar-refractivity contribution < 1.29 is 19.2 Å². The average molecular weight is 343 g/mol. The fraction of sp³-hybridized carbons (Fsp3) is 0.176. The number of carbonyl (C=O) groups is 1. The second kappa shape index (κ2) is 8.44. The van der Waals surface area contributed by atoms with Crippen LogP contribution in [0.25, 0.3) is 0 Å². The zero-order chi connectivity index (χ0) is 18.2. The number of nitrogens with zero attached hydrogens (tertiary/aromatic N) is 2. The molecule has 25 heavy (non-hydrogen) atoms. The van der Waals surface area contributed by atoms with Gasteiger partial charge in [0.05, 0.1) is 24.9 Å². The molecule has 0 aliphatic rings. The van der Waals surface area contributed by atoms with E-state index in [1.807, 2.05) is 6.92 Å². The number of methoxy groups -OCH3 is 1. The Balaban J connectivity index is 2.14. The first-order chi connectivity index (χ1) is 12.1. The molecule has 0 saturated heterocycles. The Morgan fingerprint density at radius 2 is 2.08 bits per heavy atom. The van der Waals surface area contributed by atoms with E-state index >= 15 is 0 Å². The molecule has 8 heteroatoms. The Bertz CT molecular complexity index is 805. The van der Waals surface area contributed by atoms with Gasteiger partial charge in [0, 0.05) is 23.3 Å². The van der Waals surface area contributed by atoms with Gasteiger partial charge >= 0.3 is 0 Å². The Hall–Kier alpha value is -3.42. The van der Waals surface area contributed by atoms with Crippen LogP contribution in [0.2, 0.25) is 0 Å². The zero-order valence-electron chi connectivity index (χ0n) is 13.8. The molecule has 0 heterocycles. The van der Waals surface area contributed by atoms with E-state index in [-0.39, 0.29) is 11.3 Å². The predicted octanol–water partition coefficient (Wildman–Crippen LogP) is 2.77. The summed E-state index contributed by atoms with van der Waals surface area (Å²) < 4.78 is 10.8. The smallest absolute Gasteiger partial charge is 0.271 e. The molecule has 0 bridgehead atoms. The molecule has 0 aliphatic heterocycles. The molecule has 8 nitrogen and oxygen atoms in total. The van der Waals surface area contributed by atoms with Gasteiger partial charge in [0.2, 0.25) is 0 Å². The highest BCUT2D eigenvalue weighted by atomic mass is 16.6. The number of ether oxygens (including phenoxy) is 2. The number of rotatable bonds is 7. The van der Waals surface area contributed by atoms with Crippen molar-refractivity contribution in [1.82, 2.24) is 5.43 Å². The number of nitro groups is 1. The fourth-order valence-corrected chi connectivity index (χ4v) is 2.08. The van der Waals surface area contributed by atoms with Crippen LogP contribution >= 0.6 is 0 Å². The van der Waals surface area contributed by atoms with Gasteiger partial charge in [-0.1, -0.05) is 12.1 Å². The summed E-state index contributed by atoms with van der Waals surface area (Å²) in [6.07, 6.45) is 1.42. The summed E-state index contributed by atoms with van der Waals surface area (Å²) in [6.45, 7) is 2.29. The van der Waals surface area contributed by atoms with Gasteiger partial charge in [-0.25, -0.2) is 5.43 Å². The quantitative estimate of drug-likeness (QED) is 0.473. The lowest BCUT2D eigenvalue weighted by Gasteiger charge is -2.11. The highest BCUT2D eigenvalue weighted by molar-refractivity contribution is 5.95. The highest BCUT2D eigenvalue weighted by Gasteiger charge is 2.11. The summed E-state index contributed by atoms with van der Waals surface area (Å²) in [6, 6.07) is 10.7. The van der Waals surface area contributed by atoms with Gasteiger partial charge in [-0.05, 0) is 25.1 Å². The van der Waals surface area contributed by atoms with Gasteiger partial charge in [0.15, 0.2) is 11.5 Å². The molecule has 1 N–H and O–H groups in total. The second-order valence-electron chi connectivity index (χ2n) is 4.82. The standard InChI is InChI=1S/C17H17N3O5/c1-3-25-16-13(7-5-9-15(16)24-2)11-18-19-17(21)12-6-4-8-14(10-12)20(22)23/h4-11H,3H2,1-2H3,(H,19,21)/b18-11+. The number of carbonyl (C=O) groups excluding carboxylic acids is 1. The SMILES string of the molecule is CCOc1c(/C=N/NC(=O)c2cccc([N+](=O)[O-])c2)cccc1OC. The molecule has 2 aromatic carbocycles. The van der Waals surface area contributed by atoms with Crippen LogP contribution in [0.5, 0.6) is 11.5 Å². The van der Waals surface area contributed by atoms with E-state index in [0.29, 0.717) is 23.7 Å². The number of hydrazone groups is 1. The van der Waals surface area contributed by atoms with Gasteiger partial charge in [0.1, 0.15) is 0 Å². The van der Waals surface area contributed by atoms with Crippen molar-refractivity contribution in [2.75, 3.05) is 13.7 Å². The number of para-hydroxylation sites is 1. The van der Waals surface area contributed by atoms with Crippen LogP contribution in [0.4, 0.5) is 5.69 Å². The minimum Gasteiger partial charge on any atom is -0.493 e. The van der Waals surface area contributed by atoms with Crippen LogP contribution in [0.1, 0.15) is 22.8 Å². The van der Waals surface area contributed by atoms with E-state index in [1.165, 1.54) is 37.6 Å². The van der Waals surface area contributed by atoms with Gasteiger partial charge in [-0.3, -0.25) is 14.9 Å². The predicted molar refractivity (Wildman–Crippen MR) is 92.3 cm³/mol. The Kier molecular flexibility index (Phi) is 6.05. The molecule has 0 saturated carbocycles. The number of hydrogen-bond acceptors (Lipinski definition) is 6. The maximum Gasteiger partial charge on any atom is 0.271 e. The molecular formula is C17H17N3O5. The van der Waals surface area contributed by atoms with Crippen molar-refractivity contribution in [3.8, 4) is 11.5 Å². The van der Waals surface area contributed by atoms with E-state index < -0.39 is 10.8 Å². The Morgan fingerprint density at radius 3 is 2.76 bits per heavy atom. The summed E-state index contributed by atoms with van der Waals surface area (Å²) in [5.74, 6) is 0.512. The van der Waals surface area contributed by atoms with Gasteiger partial charge in [-0.15, -0.1) is 0 Å². The van der Waals surface area contributed by atoms with Crippen molar-refractivity contribution in [2.45, 2.75) is 6.92 Å². The first-order valence-corrected chi connectivity index (χ1v) is 7.44. The summed E-state index contributed by atoms with van der Waals surface area (Å²) >= 11 is 0. The third-order valence-electron chi connectivity index (χ3n) is 3.21. The van der Waals surface area contributed by atoms with E-state index in [4.69, 9.17) is 9.47 Å². The number of non-ortho nitro benzene ring substituents is 1. The van der Waals surface area contributed by atoms with Crippen molar-refractivity contribution >= 4 is 17.8 Å². The van der Waals surface area contributed by atoms with Crippen LogP contribution < -0.4 is 14.9 Å². The average Bonchev–Trinajstić information content (AvgIpc) is 2.63. The lowest BCUT2D eigenvalue weighted by atomic mass is 10.2. The third kappa shape index (κ3) is 4.54. The number of nitro benzene ring substituents is 1. The van der Waals surface area contributed by atoms with E-state index in [0.717, 1.165) is 0 Å². The fourth-order valence-electron chi connectivity index (χ4n) is 2.08. The molecule has 0 radical (unpaired) electrons. The van der Waals surface area contributed by atoms with Crippen LogP contribution in [-0.4, -0.2) is 30.8 Å². The van der Waals surface area contributed by atoms with Crippen molar-refractivity contribution in [2.24, 2.45) is 5.10 Å². The Labute approximate surface area is 144 Å². The van der Waals surface area contributed by atoms with Gasteiger partial charge < -0.3 is 9.47 Å². The minimum absolute atomic E-state index is 0.141. The summed E-state index contributed by atoms with van der Waals surface area (Å²) in [4.78, 5) is 22.2. The monoisotopic (exact) mass is 343 g/mol. The van der Waals surface area contributed by atoms with Crippen molar-refractivity contribution in [1.29, 1.82) is 0 Å². The molecule has 130 valence electrons.